The second-order valence-electron chi connectivity index (χ2n) is 4.76. The van der Waals surface area contributed by atoms with Crippen LogP contribution in [-0.2, 0) is 0 Å². The summed E-state index contributed by atoms with van der Waals surface area (Å²) in [5, 5.41) is 9.63. The van der Waals surface area contributed by atoms with E-state index < -0.39 is 0 Å². The summed E-state index contributed by atoms with van der Waals surface area (Å²) in [6.45, 7) is 1.86. The number of hydrogen-bond donors (Lipinski definition) is 2. The van der Waals surface area contributed by atoms with Gasteiger partial charge in [-0.2, -0.15) is 10.1 Å². The number of nitrogens with zero attached hydrogens (tertiary/aromatic N) is 2. The number of hydrogen-bond acceptors (Lipinski definition) is 4. The molecule has 17 heavy (non-hydrogen) atoms. The van der Waals surface area contributed by atoms with Gasteiger partial charge in [0, 0.05) is 6.04 Å². The molecule has 1 heterocycles. The van der Waals surface area contributed by atoms with Gasteiger partial charge in [0.1, 0.15) is 5.69 Å². The van der Waals surface area contributed by atoms with E-state index in [0.717, 1.165) is 18.5 Å². The minimum atomic E-state index is -0.385. The molecule has 2 rings (SSSR count). The Balaban J connectivity index is 2.02. The molecule has 5 heteroatoms. The lowest BCUT2D eigenvalue weighted by molar-refractivity contribution is 0.470. The zero-order valence-corrected chi connectivity index (χ0v) is 10.3. The van der Waals surface area contributed by atoms with Crippen LogP contribution in [0.2, 0.25) is 0 Å². The highest BCUT2D eigenvalue weighted by Gasteiger charge is 2.13. The summed E-state index contributed by atoms with van der Waals surface area (Å²) in [5.41, 5.74) is 0.371. The van der Waals surface area contributed by atoms with Gasteiger partial charge in [-0.1, -0.05) is 32.1 Å². The lowest BCUT2D eigenvalue weighted by Crippen LogP contribution is -2.25. The average Bonchev–Trinajstić information content (AvgIpc) is 2.27. The smallest absolute Gasteiger partial charge is 0.363 e. The minimum absolute atomic E-state index is 0.385. The summed E-state index contributed by atoms with van der Waals surface area (Å²) >= 11 is 0. The Morgan fingerprint density at radius 3 is 2.53 bits per heavy atom. The third-order valence-electron chi connectivity index (χ3n) is 3.32. The topological polar surface area (TPSA) is 70.7 Å². The Labute approximate surface area is 101 Å². The molecule has 1 aromatic heterocycles. The predicted molar refractivity (Wildman–Crippen MR) is 67.1 cm³/mol. The predicted octanol–water partition coefficient (Wildman–Crippen LogP) is 2.00. The van der Waals surface area contributed by atoms with Crippen LogP contribution in [0.1, 0.15) is 50.6 Å². The second kappa shape index (κ2) is 5.80. The Morgan fingerprint density at radius 2 is 1.82 bits per heavy atom. The van der Waals surface area contributed by atoms with Gasteiger partial charge in [0.25, 0.3) is 0 Å². The zero-order valence-electron chi connectivity index (χ0n) is 10.3. The first-order chi connectivity index (χ1) is 8.25. The minimum Gasteiger partial charge on any atom is -0.366 e. The molecule has 0 bridgehead atoms. The number of nitrogens with one attached hydrogen (secondary N) is 2. The fourth-order valence-corrected chi connectivity index (χ4v) is 2.32. The van der Waals surface area contributed by atoms with E-state index in [1.54, 1.807) is 0 Å². The van der Waals surface area contributed by atoms with E-state index in [1.165, 1.54) is 32.1 Å². The van der Waals surface area contributed by atoms with Gasteiger partial charge in [-0.15, -0.1) is 0 Å². The van der Waals surface area contributed by atoms with Crippen LogP contribution in [0.3, 0.4) is 0 Å². The first-order valence-electron chi connectivity index (χ1n) is 6.45. The van der Waals surface area contributed by atoms with Crippen LogP contribution >= 0.6 is 0 Å². The van der Waals surface area contributed by atoms with E-state index in [0.29, 0.717) is 11.9 Å². The van der Waals surface area contributed by atoms with Crippen molar-refractivity contribution < 1.29 is 0 Å². The van der Waals surface area contributed by atoms with Crippen LogP contribution in [0.4, 0.5) is 5.82 Å². The van der Waals surface area contributed by atoms with E-state index in [4.69, 9.17) is 0 Å². The van der Waals surface area contributed by atoms with E-state index >= 15 is 0 Å². The molecule has 0 atom stereocenters. The highest BCUT2D eigenvalue weighted by molar-refractivity contribution is 5.38. The summed E-state index contributed by atoms with van der Waals surface area (Å²) in [5.74, 6) is 0.638. The molecule has 0 spiro atoms. The summed E-state index contributed by atoms with van der Waals surface area (Å²) in [6.07, 6.45) is 8.83. The lowest BCUT2D eigenvalue weighted by Gasteiger charge is -2.21. The van der Waals surface area contributed by atoms with E-state index in [9.17, 15) is 4.79 Å². The molecule has 0 unspecified atom stereocenters. The monoisotopic (exact) mass is 236 g/mol. The van der Waals surface area contributed by atoms with Gasteiger partial charge in [0.2, 0.25) is 0 Å². The number of H-pyrrole nitrogens is 1. The van der Waals surface area contributed by atoms with Crippen molar-refractivity contribution in [3.63, 3.8) is 0 Å². The Bertz CT molecular complexity index is 407. The van der Waals surface area contributed by atoms with Gasteiger partial charge in [-0.05, 0) is 19.8 Å². The molecule has 0 aromatic carbocycles. The number of anilines is 1. The van der Waals surface area contributed by atoms with Crippen LogP contribution in [0.15, 0.2) is 4.79 Å². The van der Waals surface area contributed by atoms with Crippen LogP contribution in [0.25, 0.3) is 0 Å². The lowest BCUT2D eigenvalue weighted by atomic mass is 9.97. The molecule has 1 aromatic rings. The standard InChI is InChI=1S/C12H20N4O/c1-9-11(14-12(17)16-15-9)13-10-7-5-3-2-4-6-8-10/h10H,2-8H2,1H3,(H2,13,14,16,17). The Hall–Kier alpha value is -1.39. The summed E-state index contributed by atoms with van der Waals surface area (Å²) in [4.78, 5) is 15.1. The van der Waals surface area contributed by atoms with Gasteiger partial charge in [0.15, 0.2) is 5.82 Å². The molecule has 1 aliphatic rings. The number of rotatable bonds is 2. The van der Waals surface area contributed by atoms with E-state index in [2.05, 4.69) is 20.5 Å². The van der Waals surface area contributed by atoms with Crippen molar-refractivity contribution >= 4 is 5.82 Å². The molecular weight excluding hydrogens is 216 g/mol. The van der Waals surface area contributed by atoms with E-state index in [1.807, 2.05) is 6.92 Å². The van der Waals surface area contributed by atoms with E-state index in [-0.39, 0.29) is 5.69 Å². The van der Waals surface area contributed by atoms with Crippen LogP contribution in [0.5, 0.6) is 0 Å². The van der Waals surface area contributed by atoms with Crippen molar-refractivity contribution in [1.82, 2.24) is 15.2 Å². The number of aryl methyl sites for hydroxylation is 1. The summed E-state index contributed by atoms with van der Waals surface area (Å²) in [7, 11) is 0. The third-order valence-corrected chi connectivity index (χ3v) is 3.32. The van der Waals surface area contributed by atoms with Crippen molar-refractivity contribution in [2.75, 3.05) is 5.32 Å². The van der Waals surface area contributed by atoms with Crippen LogP contribution in [0, 0.1) is 6.92 Å². The molecule has 0 radical (unpaired) electrons. The van der Waals surface area contributed by atoms with Gasteiger partial charge < -0.3 is 5.32 Å². The molecular formula is C12H20N4O. The SMILES string of the molecule is Cc1n[nH]c(=O)nc1NC1CCCCCCC1. The van der Waals surface area contributed by atoms with Crippen molar-refractivity contribution in [2.24, 2.45) is 0 Å². The van der Waals surface area contributed by atoms with Crippen molar-refractivity contribution in [1.29, 1.82) is 0 Å². The Kier molecular flexibility index (Phi) is 4.12. The van der Waals surface area contributed by atoms with Crippen molar-refractivity contribution in [3.8, 4) is 0 Å². The third kappa shape index (κ3) is 3.54. The molecule has 1 fully saturated rings. The van der Waals surface area contributed by atoms with Gasteiger partial charge in [-0.3, -0.25) is 0 Å². The normalized spacial score (nSPS) is 18.4. The molecule has 2 N–H and O–H groups in total. The summed E-state index contributed by atoms with van der Waals surface area (Å²) < 4.78 is 0. The maximum Gasteiger partial charge on any atom is 0.363 e. The maximum atomic E-state index is 11.1. The van der Waals surface area contributed by atoms with Crippen LogP contribution in [-0.4, -0.2) is 21.2 Å². The van der Waals surface area contributed by atoms with Gasteiger partial charge >= 0.3 is 5.69 Å². The largest absolute Gasteiger partial charge is 0.366 e. The first kappa shape index (κ1) is 12.1. The molecule has 0 aliphatic heterocycles. The van der Waals surface area contributed by atoms with Crippen molar-refractivity contribution in [2.45, 2.75) is 57.9 Å². The zero-order chi connectivity index (χ0) is 12.1. The van der Waals surface area contributed by atoms with Gasteiger partial charge in [0.05, 0.1) is 0 Å². The molecule has 5 nitrogen and oxygen atoms in total. The van der Waals surface area contributed by atoms with Crippen LogP contribution < -0.4 is 11.0 Å². The van der Waals surface area contributed by atoms with Gasteiger partial charge in [-0.25, -0.2) is 9.89 Å². The maximum absolute atomic E-state index is 11.1. The molecule has 0 saturated heterocycles. The highest BCUT2D eigenvalue weighted by atomic mass is 16.1. The molecule has 0 amide bonds. The fourth-order valence-electron chi connectivity index (χ4n) is 2.32. The second-order valence-corrected chi connectivity index (χ2v) is 4.76. The fraction of sp³-hybridized carbons (Fsp3) is 0.750. The van der Waals surface area contributed by atoms with Crippen molar-refractivity contribution in [3.05, 3.63) is 16.2 Å². The highest BCUT2D eigenvalue weighted by Crippen LogP contribution is 2.20. The molecule has 1 aliphatic carbocycles. The Morgan fingerprint density at radius 1 is 1.18 bits per heavy atom. The number of aromatic nitrogens is 3. The quantitative estimate of drug-likeness (QED) is 0.824. The number of aromatic amines is 1. The average molecular weight is 236 g/mol. The molecule has 1 saturated carbocycles. The first-order valence-corrected chi connectivity index (χ1v) is 6.45. The molecule has 94 valence electrons. The summed E-state index contributed by atoms with van der Waals surface area (Å²) in [6, 6.07) is 0.435.